The summed E-state index contributed by atoms with van der Waals surface area (Å²) in [6, 6.07) is 7.65. The molecule has 86 valence electrons. The number of rotatable bonds is 3. The van der Waals surface area contributed by atoms with Crippen LogP contribution >= 0.6 is 0 Å². The van der Waals surface area contributed by atoms with Gasteiger partial charge < -0.3 is 0 Å². The molecule has 0 aliphatic heterocycles. The van der Waals surface area contributed by atoms with Gasteiger partial charge in [-0.25, -0.2) is 9.67 Å². The van der Waals surface area contributed by atoms with Crippen molar-refractivity contribution in [2.75, 3.05) is 0 Å². The van der Waals surface area contributed by atoms with Crippen molar-refractivity contribution in [1.82, 2.24) is 14.8 Å². The van der Waals surface area contributed by atoms with Crippen LogP contribution in [-0.2, 0) is 12.8 Å². The van der Waals surface area contributed by atoms with Crippen molar-refractivity contribution in [2.45, 2.75) is 26.7 Å². The summed E-state index contributed by atoms with van der Waals surface area (Å²) in [5.41, 5.74) is 2.76. The van der Waals surface area contributed by atoms with E-state index < -0.39 is 0 Å². The second kappa shape index (κ2) is 4.79. The van der Waals surface area contributed by atoms with Crippen molar-refractivity contribution in [3.05, 3.63) is 41.3 Å². The Morgan fingerprint density at radius 3 is 2.76 bits per heavy atom. The second-order valence-electron chi connectivity index (χ2n) is 3.76. The lowest BCUT2D eigenvalue weighted by Crippen LogP contribution is -2.04. The van der Waals surface area contributed by atoms with E-state index in [1.54, 1.807) is 18.3 Å². The third-order valence-corrected chi connectivity index (χ3v) is 2.65. The van der Waals surface area contributed by atoms with E-state index in [-0.39, 0.29) is 0 Å². The van der Waals surface area contributed by atoms with Gasteiger partial charge in [-0.2, -0.15) is 10.4 Å². The quantitative estimate of drug-likeness (QED) is 0.806. The van der Waals surface area contributed by atoms with Crippen LogP contribution in [-0.4, -0.2) is 14.8 Å². The Kier molecular flexibility index (Phi) is 3.20. The highest BCUT2D eigenvalue weighted by molar-refractivity contribution is 5.36. The van der Waals surface area contributed by atoms with Gasteiger partial charge in [-0.15, -0.1) is 0 Å². The van der Waals surface area contributed by atoms with Gasteiger partial charge in [0.25, 0.3) is 0 Å². The first kappa shape index (κ1) is 11.3. The van der Waals surface area contributed by atoms with Crippen LogP contribution in [0.2, 0.25) is 0 Å². The van der Waals surface area contributed by atoms with Crippen molar-refractivity contribution in [1.29, 1.82) is 5.26 Å². The molecule has 0 amide bonds. The Balaban J connectivity index is 2.51. The number of pyridine rings is 1. The van der Waals surface area contributed by atoms with Gasteiger partial charge in [0, 0.05) is 18.0 Å². The molecule has 0 fully saturated rings. The lowest BCUT2D eigenvalue weighted by molar-refractivity contribution is 0.772. The van der Waals surface area contributed by atoms with Crippen LogP contribution in [0.25, 0.3) is 5.82 Å². The van der Waals surface area contributed by atoms with Crippen LogP contribution in [0.3, 0.4) is 0 Å². The highest BCUT2D eigenvalue weighted by Gasteiger charge is 2.08. The van der Waals surface area contributed by atoms with Gasteiger partial charge in [-0.3, -0.25) is 0 Å². The maximum Gasteiger partial charge on any atom is 0.154 e. The first-order valence-corrected chi connectivity index (χ1v) is 5.72. The number of hydrogen-bond acceptors (Lipinski definition) is 3. The molecule has 4 heteroatoms. The fraction of sp³-hybridized carbons (Fsp3) is 0.308. The Hall–Kier alpha value is -2.15. The van der Waals surface area contributed by atoms with Gasteiger partial charge in [-0.05, 0) is 25.0 Å². The van der Waals surface area contributed by atoms with Crippen molar-refractivity contribution in [3.8, 4) is 11.9 Å². The molecule has 0 aliphatic carbocycles. The lowest BCUT2D eigenvalue weighted by atomic mass is 10.2. The zero-order valence-electron chi connectivity index (χ0n) is 10.0. The van der Waals surface area contributed by atoms with E-state index >= 15 is 0 Å². The summed E-state index contributed by atoms with van der Waals surface area (Å²) in [6.07, 6.45) is 3.43. The minimum atomic E-state index is 0.602. The normalized spacial score (nSPS) is 10.2. The predicted molar refractivity (Wildman–Crippen MR) is 64.8 cm³/mol. The fourth-order valence-corrected chi connectivity index (χ4v) is 1.70. The monoisotopic (exact) mass is 226 g/mol. The molecular formula is C13H14N4. The van der Waals surface area contributed by atoms with Gasteiger partial charge in [0.2, 0.25) is 0 Å². The smallest absolute Gasteiger partial charge is 0.154 e. The van der Waals surface area contributed by atoms with Crippen LogP contribution in [0, 0.1) is 11.3 Å². The van der Waals surface area contributed by atoms with Crippen LogP contribution in [0.4, 0.5) is 0 Å². The summed E-state index contributed by atoms with van der Waals surface area (Å²) in [6.45, 7) is 4.16. The summed E-state index contributed by atoms with van der Waals surface area (Å²) in [5.74, 6) is 0.709. The molecule has 0 aromatic carbocycles. The Morgan fingerprint density at radius 2 is 2.12 bits per heavy atom. The number of nitrogens with zero attached hydrogens (tertiary/aromatic N) is 4. The molecule has 4 nitrogen and oxygen atoms in total. The number of aromatic nitrogens is 3. The number of hydrogen-bond donors (Lipinski definition) is 0. The molecule has 17 heavy (non-hydrogen) atoms. The van der Waals surface area contributed by atoms with Gasteiger partial charge in [0.05, 0.1) is 17.3 Å². The standard InChI is InChI=1S/C13H14N4/c1-3-11-8-12(4-2)17(16-11)13-7-10(9-14)5-6-15-13/h5-8H,3-4H2,1-2H3. The molecular weight excluding hydrogens is 212 g/mol. The van der Waals surface area contributed by atoms with Gasteiger partial charge in [0.15, 0.2) is 5.82 Å². The van der Waals surface area contributed by atoms with E-state index in [0.29, 0.717) is 11.4 Å². The van der Waals surface area contributed by atoms with E-state index in [1.165, 1.54) is 0 Å². The summed E-state index contributed by atoms with van der Waals surface area (Å²) in [4.78, 5) is 4.26. The molecule has 2 heterocycles. The Labute approximate surface area is 101 Å². The van der Waals surface area contributed by atoms with Crippen LogP contribution in [0.5, 0.6) is 0 Å². The van der Waals surface area contributed by atoms with E-state index in [1.807, 2.05) is 4.68 Å². The average Bonchev–Trinajstić information content (AvgIpc) is 2.82. The Bertz CT molecular complexity index is 563. The van der Waals surface area contributed by atoms with Gasteiger partial charge in [-0.1, -0.05) is 13.8 Å². The largest absolute Gasteiger partial charge is 0.237 e. The minimum absolute atomic E-state index is 0.602. The topological polar surface area (TPSA) is 54.5 Å². The predicted octanol–water partition coefficient (Wildman–Crippen LogP) is 2.26. The van der Waals surface area contributed by atoms with Crippen molar-refractivity contribution >= 4 is 0 Å². The molecule has 0 aliphatic rings. The van der Waals surface area contributed by atoms with E-state index in [2.05, 4.69) is 36.1 Å². The SMILES string of the molecule is CCc1cc(CC)n(-c2cc(C#N)ccn2)n1. The number of nitriles is 1. The third kappa shape index (κ3) is 2.18. The first-order valence-electron chi connectivity index (χ1n) is 5.72. The maximum absolute atomic E-state index is 8.88. The van der Waals surface area contributed by atoms with Crippen molar-refractivity contribution < 1.29 is 0 Å². The molecule has 0 atom stereocenters. The lowest BCUT2D eigenvalue weighted by Gasteiger charge is -2.04. The van der Waals surface area contributed by atoms with Crippen LogP contribution < -0.4 is 0 Å². The van der Waals surface area contributed by atoms with E-state index in [0.717, 1.165) is 24.2 Å². The molecule has 0 N–H and O–H groups in total. The summed E-state index contributed by atoms with van der Waals surface area (Å²) in [5, 5.41) is 13.4. The second-order valence-corrected chi connectivity index (χ2v) is 3.76. The minimum Gasteiger partial charge on any atom is -0.237 e. The highest BCUT2D eigenvalue weighted by Crippen LogP contribution is 2.13. The number of aryl methyl sites for hydroxylation is 2. The van der Waals surface area contributed by atoms with Crippen LogP contribution in [0.15, 0.2) is 24.4 Å². The third-order valence-electron chi connectivity index (χ3n) is 2.65. The molecule has 0 spiro atoms. The van der Waals surface area contributed by atoms with Gasteiger partial charge >= 0.3 is 0 Å². The molecule has 2 aromatic rings. The fourth-order valence-electron chi connectivity index (χ4n) is 1.70. The summed E-state index contributed by atoms with van der Waals surface area (Å²) in [7, 11) is 0. The maximum atomic E-state index is 8.88. The molecule has 0 saturated carbocycles. The van der Waals surface area contributed by atoms with E-state index in [9.17, 15) is 0 Å². The molecule has 0 unspecified atom stereocenters. The summed E-state index contributed by atoms with van der Waals surface area (Å²) >= 11 is 0. The molecule has 2 rings (SSSR count). The molecule has 0 saturated heterocycles. The van der Waals surface area contributed by atoms with Crippen LogP contribution in [0.1, 0.15) is 30.8 Å². The zero-order chi connectivity index (χ0) is 12.3. The average molecular weight is 226 g/mol. The molecule has 2 aromatic heterocycles. The van der Waals surface area contributed by atoms with Crippen molar-refractivity contribution in [3.63, 3.8) is 0 Å². The zero-order valence-corrected chi connectivity index (χ0v) is 10.0. The Morgan fingerprint density at radius 1 is 1.29 bits per heavy atom. The molecule has 0 bridgehead atoms. The molecule has 0 radical (unpaired) electrons. The van der Waals surface area contributed by atoms with Gasteiger partial charge in [0.1, 0.15) is 0 Å². The first-order chi connectivity index (χ1) is 8.28. The highest BCUT2D eigenvalue weighted by atomic mass is 15.3. The van der Waals surface area contributed by atoms with Crippen molar-refractivity contribution in [2.24, 2.45) is 0 Å². The summed E-state index contributed by atoms with van der Waals surface area (Å²) < 4.78 is 1.82. The van der Waals surface area contributed by atoms with E-state index in [4.69, 9.17) is 5.26 Å².